The zero-order valence-corrected chi connectivity index (χ0v) is 21.5. The number of carbonyl (C=O) groups is 2. The van der Waals surface area contributed by atoms with Crippen LogP contribution >= 0.6 is 11.6 Å². The number of fused-ring (bicyclic) bond motifs is 4. The molecule has 2 amide bonds. The minimum atomic E-state index is -0.179. The molecule has 9 heteroatoms. The second-order valence-electron chi connectivity index (χ2n) is 9.75. The minimum absolute atomic E-state index is 0.0193. The molecule has 1 aromatic carbocycles. The van der Waals surface area contributed by atoms with Gasteiger partial charge in [0, 0.05) is 42.4 Å². The van der Waals surface area contributed by atoms with Gasteiger partial charge in [0.2, 0.25) is 11.8 Å². The van der Waals surface area contributed by atoms with Crippen LogP contribution in [0.2, 0.25) is 5.02 Å². The quantitative estimate of drug-likeness (QED) is 0.545. The van der Waals surface area contributed by atoms with Crippen LogP contribution in [0, 0.1) is 5.92 Å². The summed E-state index contributed by atoms with van der Waals surface area (Å²) in [7, 11) is 3.89. The van der Waals surface area contributed by atoms with Crippen molar-refractivity contribution in [1.82, 2.24) is 19.7 Å². The summed E-state index contributed by atoms with van der Waals surface area (Å²) < 4.78 is 1.76. The van der Waals surface area contributed by atoms with Gasteiger partial charge in [-0.15, -0.1) is 0 Å². The molecule has 7 nitrogen and oxygen atoms in total. The molecule has 0 saturated heterocycles. The summed E-state index contributed by atoms with van der Waals surface area (Å²) in [6, 6.07) is 9.56. The summed E-state index contributed by atoms with van der Waals surface area (Å²) in [5, 5.41) is 8.08. The number of anilines is 1. The number of nitrogens with one attached hydrogen (secondary N) is 1. The van der Waals surface area contributed by atoms with Gasteiger partial charge in [0.15, 0.2) is 0 Å². The van der Waals surface area contributed by atoms with Gasteiger partial charge in [-0.25, -0.2) is 0 Å². The average Bonchev–Trinajstić information content (AvgIpc) is 3.22. The summed E-state index contributed by atoms with van der Waals surface area (Å²) in [5.74, 6) is -0.195. The third-order valence-corrected chi connectivity index (χ3v) is 7.51. The fraction of sp³-hybridized carbons (Fsp3) is 0.333. The molecule has 0 fully saturated rings. The van der Waals surface area contributed by atoms with Crippen molar-refractivity contribution in [1.29, 1.82) is 0 Å². The molecule has 0 radical (unpaired) electrons. The van der Waals surface area contributed by atoms with E-state index in [0.29, 0.717) is 17.3 Å². The van der Waals surface area contributed by atoms with Crippen molar-refractivity contribution in [2.24, 2.45) is 13.0 Å². The number of benzene rings is 1. The Morgan fingerprint density at radius 3 is 2.81 bits per heavy atom. The van der Waals surface area contributed by atoms with E-state index in [1.165, 1.54) is 0 Å². The Labute approximate surface area is 217 Å². The number of aryl methyl sites for hydroxylation is 1. The molecule has 3 aromatic rings. The summed E-state index contributed by atoms with van der Waals surface area (Å²) >= 11 is 6.24. The van der Waals surface area contributed by atoms with Crippen LogP contribution in [0.4, 0.5) is 5.69 Å². The second-order valence-corrected chi connectivity index (χ2v) is 10.2. The van der Waals surface area contributed by atoms with Crippen LogP contribution in [-0.4, -0.2) is 45.9 Å². The monoisotopic (exact) mass is 501 g/mol. The van der Waals surface area contributed by atoms with E-state index >= 15 is 0 Å². The Bertz CT molecular complexity index is 1370. The van der Waals surface area contributed by atoms with E-state index in [2.05, 4.69) is 10.4 Å². The van der Waals surface area contributed by atoms with Crippen LogP contribution in [-0.2, 0) is 16.6 Å². The van der Waals surface area contributed by atoms with E-state index in [-0.39, 0.29) is 23.8 Å². The van der Waals surface area contributed by atoms with Crippen molar-refractivity contribution in [2.75, 3.05) is 11.9 Å². The molecule has 2 aliphatic heterocycles. The number of carbonyl (C=O) groups excluding carboxylic acids is 2. The number of hydrogen-bond donors (Lipinski definition) is 1. The van der Waals surface area contributed by atoms with E-state index in [1.807, 2.05) is 57.0 Å². The smallest absolute Gasteiger partial charge is 0.247 e. The lowest BCUT2D eigenvalue weighted by molar-refractivity contribution is -0.129. The topological polar surface area (TPSA) is 80.1 Å². The van der Waals surface area contributed by atoms with Crippen LogP contribution in [0.3, 0.4) is 0 Å². The number of halogens is 1. The van der Waals surface area contributed by atoms with Crippen molar-refractivity contribution in [3.05, 3.63) is 65.1 Å². The molecule has 0 unspecified atom stereocenters. The molecule has 1 N–H and O–H groups in total. The largest absolute Gasteiger partial charge is 0.330 e. The zero-order valence-electron chi connectivity index (χ0n) is 20.8. The highest BCUT2D eigenvalue weighted by molar-refractivity contribution is 6.36. The first-order valence-corrected chi connectivity index (χ1v) is 12.8. The highest BCUT2D eigenvalue weighted by Gasteiger charge is 2.30. The van der Waals surface area contributed by atoms with E-state index in [4.69, 9.17) is 16.6 Å². The van der Waals surface area contributed by atoms with E-state index in [1.54, 1.807) is 23.2 Å². The van der Waals surface area contributed by atoms with Crippen molar-refractivity contribution >= 4 is 48.0 Å². The zero-order chi connectivity index (χ0) is 25.4. The Morgan fingerprint density at radius 1 is 1.17 bits per heavy atom. The predicted octanol–water partition coefficient (Wildman–Crippen LogP) is 3.51. The maximum atomic E-state index is 13.5. The van der Waals surface area contributed by atoms with Gasteiger partial charge in [-0.3, -0.25) is 19.3 Å². The molecule has 2 atom stereocenters. The Kier molecular flexibility index (Phi) is 6.71. The van der Waals surface area contributed by atoms with Crippen LogP contribution in [0.1, 0.15) is 49.9 Å². The number of amides is 2. The van der Waals surface area contributed by atoms with Gasteiger partial charge in [-0.1, -0.05) is 36.5 Å². The molecule has 5 rings (SSSR count). The number of aromatic nitrogens is 3. The van der Waals surface area contributed by atoms with Crippen molar-refractivity contribution in [3.63, 3.8) is 0 Å². The fourth-order valence-corrected chi connectivity index (χ4v) is 5.41. The van der Waals surface area contributed by atoms with E-state index in [0.717, 1.165) is 59.2 Å². The normalized spacial score (nSPS) is 20.6. The molecular weight excluding hydrogens is 473 g/mol. The first-order valence-electron chi connectivity index (χ1n) is 12.4. The van der Waals surface area contributed by atoms with Gasteiger partial charge in [0.1, 0.15) is 7.85 Å². The maximum absolute atomic E-state index is 13.5. The SMILES string of the molecule is Bc1ccc(Cl)cc1C1=CC(=O)N([C@H]2CCC[C@@H](C)C(=O)Nc3cnn(C)c3-c3ccnc2c3)CC1. The van der Waals surface area contributed by atoms with E-state index < -0.39 is 0 Å². The molecule has 4 heterocycles. The molecular formula is C27H29BClN5O2. The van der Waals surface area contributed by atoms with Crippen LogP contribution in [0.15, 0.2) is 48.8 Å². The highest BCUT2D eigenvalue weighted by atomic mass is 35.5. The lowest BCUT2D eigenvalue weighted by Gasteiger charge is -2.34. The third-order valence-electron chi connectivity index (χ3n) is 7.28. The average molecular weight is 502 g/mol. The standard InChI is InChI=1S/C27H29BClN5O2/c1-16-4-3-5-24(34-11-9-17(13-25(34)35)20-14-19(29)6-7-21(20)28)22-12-18(8-10-30-22)26-23(32-27(16)36)15-31-33(26)2/h6-8,10,12-16,24H,3-5,9,11,28H2,1-2H3,(H,32,36)/t16-,24+/m1/s1. The Balaban J connectivity index is 1.52. The summed E-state index contributed by atoms with van der Waals surface area (Å²) in [6.45, 7) is 2.54. The van der Waals surface area contributed by atoms with Gasteiger partial charge < -0.3 is 10.2 Å². The third kappa shape index (κ3) is 4.70. The molecule has 184 valence electrons. The highest BCUT2D eigenvalue weighted by Crippen LogP contribution is 2.35. The van der Waals surface area contributed by atoms with Gasteiger partial charge in [-0.2, -0.15) is 5.10 Å². The van der Waals surface area contributed by atoms with Crippen molar-refractivity contribution < 1.29 is 9.59 Å². The second kappa shape index (κ2) is 9.93. The molecule has 2 aliphatic rings. The van der Waals surface area contributed by atoms with Gasteiger partial charge in [0.05, 0.1) is 29.3 Å². The fourth-order valence-electron chi connectivity index (χ4n) is 5.23. The summed E-state index contributed by atoms with van der Waals surface area (Å²) in [6.07, 6.45) is 8.21. The lowest BCUT2D eigenvalue weighted by atomic mass is 9.84. The molecule has 2 bridgehead atoms. The summed E-state index contributed by atoms with van der Waals surface area (Å²) in [5.41, 5.74) is 6.40. The molecule has 36 heavy (non-hydrogen) atoms. The lowest BCUT2D eigenvalue weighted by Crippen LogP contribution is -2.38. The van der Waals surface area contributed by atoms with Crippen molar-refractivity contribution in [3.8, 4) is 11.3 Å². The molecule has 2 aromatic heterocycles. The number of nitrogens with zero attached hydrogens (tertiary/aromatic N) is 4. The van der Waals surface area contributed by atoms with Crippen LogP contribution < -0.4 is 10.8 Å². The summed E-state index contributed by atoms with van der Waals surface area (Å²) in [4.78, 5) is 33.0. The van der Waals surface area contributed by atoms with Gasteiger partial charge in [0.25, 0.3) is 0 Å². The molecule has 0 spiro atoms. The number of hydrogen-bond acceptors (Lipinski definition) is 4. The Hall–Kier alpha value is -3.39. The van der Waals surface area contributed by atoms with Gasteiger partial charge in [-0.05, 0) is 54.7 Å². The van der Waals surface area contributed by atoms with Crippen LogP contribution in [0.5, 0.6) is 0 Å². The predicted molar refractivity (Wildman–Crippen MR) is 145 cm³/mol. The minimum Gasteiger partial charge on any atom is -0.330 e. The maximum Gasteiger partial charge on any atom is 0.247 e. The molecule has 0 saturated carbocycles. The van der Waals surface area contributed by atoms with Gasteiger partial charge >= 0.3 is 0 Å². The van der Waals surface area contributed by atoms with Crippen molar-refractivity contribution in [2.45, 2.75) is 38.6 Å². The first kappa shape index (κ1) is 24.3. The van der Waals surface area contributed by atoms with E-state index in [9.17, 15) is 9.59 Å². The number of pyridine rings is 1. The molecule has 0 aliphatic carbocycles. The number of rotatable bonds is 2. The first-order chi connectivity index (χ1) is 17.3. The van der Waals surface area contributed by atoms with Crippen LogP contribution in [0.25, 0.3) is 16.8 Å². The Morgan fingerprint density at radius 2 is 2.00 bits per heavy atom.